The zero-order valence-electron chi connectivity index (χ0n) is 17.8. The number of hydrogen-bond acceptors (Lipinski definition) is 7. The zero-order chi connectivity index (χ0) is 23.7. The van der Waals surface area contributed by atoms with Crippen LogP contribution in [0.5, 0.6) is 0 Å². The average Bonchev–Trinajstić information content (AvgIpc) is 3.30. The van der Waals surface area contributed by atoms with Crippen LogP contribution in [0.2, 0.25) is 5.02 Å². The Morgan fingerprint density at radius 2 is 1.91 bits per heavy atom. The van der Waals surface area contributed by atoms with Crippen molar-refractivity contribution in [2.45, 2.75) is 18.9 Å². The van der Waals surface area contributed by atoms with Crippen molar-refractivity contribution in [3.05, 3.63) is 65.7 Å². The van der Waals surface area contributed by atoms with E-state index in [0.29, 0.717) is 41.3 Å². The van der Waals surface area contributed by atoms with E-state index < -0.39 is 18.0 Å². The normalized spacial score (nSPS) is 15.9. The van der Waals surface area contributed by atoms with E-state index in [1.54, 1.807) is 48.8 Å². The molecule has 1 aliphatic heterocycles. The lowest BCUT2D eigenvalue weighted by Gasteiger charge is -2.37. The molecule has 0 aromatic carbocycles. The van der Waals surface area contributed by atoms with Gasteiger partial charge < -0.3 is 10.0 Å². The van der Waals surface area contributed by atoms with Gasteiger partial charge in [-0.25, -0.2) is 19.7 Å². The fourth-order valence-corrected chi connectivity index (χ4v) is 4.24. The number of carbonyl (C=O) groups is 2. The third-order valence-electron chi connectivity index (χ3n) is 5.64. The lowest BCUT2D eigenvalue weighted by Crippen LogP contribution is -2.52. The van der Waals surface area contributed by atoms with Gasteiger partial charge in [0.2, 0.25) is 0 Å². The number of rotatable bonds is 4. The van der Waals surface area contributed by atoms with Gasteiger partial charge in [0.05, 0.1) is 22.9 Å². The van der Waals surface area contributed by atoms with Crippen molar-refractivity contribution < 1.29 is 14.7 Å². The van der Waals surface area contributed by atoms with Crippen LogP contribution in [0.15, 0.2) is 55.0 Å². The number of hydrogen-bond donors (Lipinski definition) is 1. The molecule has 0 bridgehead atoms. The van der Waals surface area contributed by atoms with Crippen LogP contribution in [0, 0.1) is 0 Å². The summed E-state index contributed by atoms with van der Waals surface area (Å²) in [7, 11) is 0. The summed E-state index contributed by atoms with van der Waals surface area (Å²) in [5, 5.41) is 18.0. The van der Waals surface area contributed by atoms with Gasteiger partial charge in [0.25, 0.3) is 5.91 Å². The van der Waals surface area contributed by atoms with Gasteiger partial charge >= 0.3 is 6.09 Å². The van der Waals surface area contributed by atoms with Crippen LogP contribution in [-0.2, 0) is 0 Å². The highest BCUT2D eigenvalue weighted by atomic mass is 35.5. The van der Waals surface area contributed by atoms with Gasteiger partial charge in [0, 0.05) is 25.5 Å². The second kappa shape index (κ2) is 9.02. The SMILES string of the molecule is O=C(O)N1CCC[C@@H](N(C(=O)c2ccc(-n3nnc4cccnc43)cn2)c2ncccc2Cl)C1. The smallest absolute Gasteiger partial charge is 0.407 e. The minimum absolute atomic E-state index is 0.155. The predicted molar refractivity (Wildman–Crippen MR) is 123 cm³/mol. The van der Waals surface area contributed by atoms with Crippen LogP contribution in [-0.4, -0.2) is 71.1 Å². The second-order valence-electron chi connectivity index (χ2n) is 7.76. The Hall–Kier alpha value is -4.12. The van der Waals surface area contributed by atoms with Crippen molar-refractivity contribution in [2.24, 2.45) is 0 Å². The molecule has 12 heteroatoms. The van der Waals surface area contributed by atoms with E-state index in [4.69, 9.17) is 11.6 Å². The molecule has 1 aliphatic rings. The molecule has 4 aromatic rings. The van der Waals surface area contributed by atoms with E-state index in [1.807, 2.05) is 0 Å². The zero-order valence-corrected chi connectivity index (χ0v) is 18.6. The summed E-state index contributed by atoms with van der Waals surface area (Å²) >= 11 is 6.38. The predicted octanol–water partition coefficient (Wildman–Crippen LogP) is 3.05. The molecule has 1 fully saturated rings. The molecule has 0 spiro atoms. The first kappa shape index (κ1) is 21.7. The van der Waals surface area contributed by atoms with Crippen LogP contribution in [0.3, 0.4) is 0 Å². The monoisotopic (exact) mass is 478 g/mol. The summed E-state index contributed by atoms with van der Waals surface area (Å²) in [5.41, 5.74) is 1.96. The number of halogens is 1. The van der Waals surface area contributed by atoms with Gasteiger partial charge in [-0.2, -0.15) is 4.68 Å². The molecular weight excluding hydrogens is 460 g/mol. The number of nitrogens with zero attached hydrogens (tertiary/aromatic N) is 8. The Labute approximate surface area is 198 Å². The molecule has 11 nitrogen and oxygen atoms in total. The molecular formula is C22H19ClN8O3. The molecule has 172 valence electrons. The summed E-state index contributed by atoms with van der Waals surface area (Å²) in [4.78, 5) is 40.9. The van der Waals surface area contributed by atoms with Gasteiger partial charge in [-0.05, 0) is 49.2 Å². The number of amides is 2. The summed E-state index contributed by atoms with van der Waals surface area (Å²) in [6, 6.07) is 9.73. The highest BCUT2D eigenvalue weighted by molar-refractivity contribution is 6.33. The Bertz CT molecular complexity index is 1360. The molecule has 0 saturated carbocycles. The quantitative estimate of drug-likeness (QED) is 0.473. The summed E-state index contributed by atoms with van der Waals surface area (Å²) < 4.78 is 1.54. The van der Waals surface area contributed by atoms with Crippen molar-refractivity contribution in [1.29, 1.82) is 0 Å². The van der Waals surface area contributed by atoms with E-state index in [0.717, 1.165) is 0 Å². The Morgan fingerprint density at radius 1 is 1.09 bits per heavy atom. The number of carboxylic acid groups (broad SMARTS) is 1. The molecule has 1 N–H and O–H groups in total. The topological polar surface area (TPSA) is 130 Å². The molecule has 1 saturated heterocycles. The fraction of sp³-hybridized carbons (Fsp3) is 0.227. The number of anilines is 1. The number of pyridine rings is 3. The van der Waals surface area contributed by atoms with Crippen molar-refractivity contribution >= 4 is 40.6 Å². The van der Waals surface area contributed by atoms with E-state index in [2.05, 4.69) is 25.3 Å². The van der Waals surface area contributed by atoms with E-state index >= 15 is 0 Å². The van der Waals surface area contributed by atoms with Crippen molar-refractivity contribution in [3.63, 3.8) is 0 Å². The molecule has 0 aliphatic carbocycles. The Morgan fingerprint density at radius 3 is 2.68 bits per heavy atom. The molecule has 0 radical (unpaired) electrons. The van der Waals surface area contributed by atoms with Gasteiger partial charge in [-0.15, -0.1) is 5.10 Å². The first-order chi connectivity index (χ1) is 16.5. The maximum absolute atomic E-state index is 13.6. The third-order valence-corrected chi connectivity index (χ3v) is 5.93. The van der Waals surface area contributed by atoms with Crippen LogP contribution in [0.1, 0.15) is 23.3 Å². The number of likely N-dealkylation sites (tertiary alicyclic amines) is 1. The van der Waals surface area contributed by atoms with E-state index in [1.165, 1.54) is 20.7 Å². The first-order valence-electron chi connectivity index (χ1n) is 10.6. The first-order valence-corrected chi connectivity index (χ1v) is 11.0. The number of fused-ring (bicyclic) bond motifs is 1. The van der Waals surface area contributed by atoms with Crippen LogP contribution in [0.25, 0.3) is 16.9 Å². The van der Waals surface area contributed by atoms with Crippen molar-refractivity contribution in [2.75, 3.05) is 18.0 Å². The molecule has 1 atom stereocenters. The molecule has 5 rings (SSSR count). The van der Waals surface area contributed by atoms with Gasteiger partial charge in [0.1, 0.15) is 11.2 Å². The molecule has 2 amide bonds. The number of piperidine rings is 1. The minimum Gasteiger partial charge on any atom is -0.465 e. The maximum Gasteiger partial charge on any atom is 0.407 e. The molecule has 34 heavy (non-hydrogen) atoms. The molecule has 5 heterocycles. The molecule has 4 aromatic heterocycles. The lowest BCUT2D eigenvalue weighted by molar-refractivity contribution is 0.0937. The van der Waals surface area contributed by atoms with Crippen LogP contribution >= 0.6 is 11.6 Å². The van der Waals surface area contributed by atoms with Gasteiger partial charge in [0.15, 0.2) is 11.5 Å². The standard InChI is InChI=1S/C22H19ClN8O3/c23-16-5-1-9-24-19(16)30(15-4-3-11-29(13-15)22(33)34)21(32)18-8-7-14(12-26-18)31-20-17(27-28-31)6-2-10-25-20/h1-2,5-10,12,15H,3-4,11,13H2,(H,33,34)/t15-/m1/s1. The lowest BCUT2D eigenvalue weighted by atomic mass is 10.0. The second-order valence-corrected chi connectivity index (χ2v) is 8.16. The van der Waals surface area contributed by atoms with Gasteiger partial charge in [-0.3, -0.25) is 9.69 Å². The molecule has 0 unspecified atom stereocenters. The van der Waals surface area contributed by atoms with Crippen molar-refractivity contribution in [1.82, 2.24) is 34.8 Å². The van der Waals surface area contributed by atoms with Crippen LogP contribution < -0.4 is 4.90 Å². The summed E-state index contributed by atoms with van der Waals surface area (Å²) in [6.45, 7) is 0.569. The number of aromatic nitrogens is 6. The van der Waals surface area contributed by atoms with E-state index in [9.17, 15) is 14.7 Å². The summed E-state index contributed by atoms with van der Waals surface area (Å²) in [5.74, 6) is -0.158. The highest BCUT2D eigenvalue weighted by Crippen LogP contribution is 2.29. The van der Waals surface area contributed by atoms with E-state index in [-0.39, 0.29) is 18.1 Å². The van der Waals surface area contributed by atoms with Crippen LogP contribution in [0.4, 0.5) is 10.6 Å². The largest absolute Gasteiger partial charge is 0.465 e. The fourth-order valence-electron chi connectivity index (χ4n) is 4.03. The van der Waals surface area contributed by atoms with Gasteiger partial charge in [-0.1, -0.05) is 16.8 Å². The number of carbonyl (C=O) groups excluding carboxylic acids is 1. The Balaban J connectivity index is 1.49. The summed E-state index contributed by atoms with van der Waals surface area (Å²) in [6.07, 6.45) is 4.89. The highest BCUT2D eigenvalue weighted by Gasteiger charge is 2.34. The minimum atomic E-state index is -1.03. The third kappa shape index (κ3) is 4.01. The maximum atomic E-state index is 13.6. The van der Waals surface area contributed by atoms with Crippen molar-refractivity contribution in [3.8, 4) is 5.69 Å². The Kier molecular flexibility index (Phi) is 5.76. The average molecular weight is 479 g/mol.